The molecule has 138 valence electrons. The first-order valence-corrected chi connectivity index (χ1v) is 8.93. The fourth-order valence-electron chi connectivity index (χ4n) is 2.71. The highest BCUT2D eigenvalue weighted by atomic mass is 16.5. The number of amides is 1. The summed E-state index contributed by atoms with van der Waals surface area (Å²) >= 11 is 0. The molecule has 1 N–H and O–H groups in total. The van der Waals surface area contributed by atoms with Gasteiger partial charge in [0, 0.05) is 5.69 Å². The first kappa shape index (κ1) is 19.7. The second kappa shape index (κ2) is 8.65. The Bertz CT molecular complexity index is 730. The highest BCUT2D eigenvalue weighted by Gasteiger charge is 2.21. The summed E-state index contributed by atoms with van der Waals surface area (Å²) in [5.41, 5.74) is 2.84. The third-order valence-corrected chi connectivity index (χ3v) is 4.27. The van der Waals surface area contributed by atoms with Gasteiger partial charge in [-0.15, -0.1) is 0 Å². The van der Waals surface area contributed by atoms with E-state index in [1.807, 2.05) is 61.5 Å². The largest absolute Gasteiger partial charge is 0.455 e. The molecule has 0 bridgehead atoms. The van der Waals surface area contributed by atoms with Gasteiger partial charge in [0.05, 0.1) is 5.92 Å². The molecule has 2 aromatic rings. The number of nitrogens with one attached hydrogen (secondary N) is 1. The Morgan fingerprint density at radius 3 is 2.15 bits per heavy atom. The molecule has 0 spiro atoms. The van der Waals surface area contributed by atoms with Gasteiger partial charge >= 0.3 is 5.97 Å². The van der Waals surface area contributed by atoms with Gasteiger partial charge < -0.3 is 10.1 Å². The monoisotopic (exact) mass is 353 g/mol. The van der Waals surface area contributed by atoms with Gasteiger partial charge in [-0.2, -0.15) is 0 Å². The highest BCUT2D eigenvalue weighted by molar-refractivity contribution is 5.93. The maximum absolute atomic E-state index is 12.3. The number of benzene rings is 2. The van der Waals surface area contributed by atoms with Gasteiger partial charge in [-0.05, 0) is 35.1 Å². The molecule has 1 atom stereocenters. The van der Waals surface area contributed by atoms with Crippen LogP contribution in [0.3, 0.4) is 0 Å². The van der Waals surface area contributed by atoms with Crippen LogP contribution in [0.2, 0.25) is 0 Å². The standard InChI is InChI=1S/C22H27NO3/c1-5-19(16-9-7-6-8-10-16)21(25)26-15-20(24)23-18-13-11-17(12-14-18)22(2,3)4/h6-14,19H,5,15H2,1-4H3,(H,23,24)/t19-/m1/s1. The van der Waals surface area contributed by atoms with Crippen LogP contribution in [-0.2, 0) is 19.7 Å². The molecule has 0 saturated carbocycles. The third kappa shape index (κ3) is 5.45. The van der Waals surface area contributed by atoms with Gasteiger partial charge in [0.2, 0.25) is 0 Å². The number of anilines is 1. The van der Waals surface area contributed by atoms with Crippen LogP contribution >= 0.6 is 0 Å². The van der Waals surface area contributed by atoms with Crippen molar-refractivity contribution in [1.82, 2.24) is 0 Å². The van der Waals surface area contributed by atoms with Crippen molar-refractivity contribution in [2.24, 2.45) is 0 Å². The van der Waals surface area contributed by atoms with Crippen molar-refractivity contribution in [2.75, 3.05) is 11.9 Å². The maximum atomic E-state index is 12.3. The number of hydrogen-bond donors (Lipinski definition) is 1. The zero-order valence-electron chi connectivity index (χ0n) is 15.9. The van der Waals surface area contributed by atoms with E-state index in [1.165, 1.54) is 5.56 Å². The molecule has 0 aliphatic carbocycles. The molecular weight excluding hydrogens is 326 g/mol. The van der Waals surface area contributed by atoms with Gasteiger partial charge in [0.25, 0.3) is 5.91 Å². The lowest BCUT2D eigenvalue weighted by Crippen LogP contribution is -2.24. The normalized spacial score (nSPS) is 12.3. The van der Waals surface area contributed by atoms with E-state index >= 15 is 0 Å². The summed E-state index contributed by atoms with van der Waals surface area (Å²) in [6, 6.07) is 17.2. The van der Waals surface area contributed by atoms with Gasteiger partial charge in [-0.3, -0.25) is 9.59 Å². The molecule has 0 aromatic heterocycles. The van der Waals surface area contributed by atoms with Crippen LogP contribution in [0, 0.1) is 0 Å². The lowest BCUT2D eigenvalue weighted by molar-refractivity contribution is -0.149. The molecule has 0 saturated heterocycles. The minimum atomic E-state index is -0.378. The number of carbonyl (C=O) groups is 2. The minimum absolute atomic E-state index is 0.0602. The van der Waals surface area contributed by atoms with Crippen molar-refractivity contribution < 1.29 is 14.3 Å². The summed E-state index contributed by atoms with van der Waals surface area (Å²) in [6.45, 7) is 8.05. The molecular formula is C22H27NO3. The minimum Gasteiger partial charge on any atom is -0.455 e. The van der Waals surface area contributed by atoms with Gasteiger partial charge in [-0.1, -0.05) is 70.2 Å². The van der Waals surface area contributed by atoms with Crippen LogP contribution in [0.4, 0.5) is 5.69 Å². The summed E-state index contributed by atoms with van der Waals surface area (Å²) in [7, 11) is 0. The van der Waals surface area contributed by atoms with E-state index in [9.17, 15) is 9.59 Å². The fourth-order valence-corrected chi connectivity index (χ4v) is 2.71. The average molecular weight is 353 g/mol. The Morgan fingerprint density at radius 2 is 1.62 bits per heavy atom. The molecule has 0 aliphatic rings. The Morgan fingerprint density at radius 1 is 1.00 bits per heavy atom. The predicted octanol–water partition coefficient (Wildman–Crippen LogP) is 4.66. The number of esters is 1. The molecule has 2 aromatic carbocycles. The lowest BCUT2D eigenvalue weighted by atomic mass is 9.87. The van der Waals surface area contributed by atoms with Crippen molar-refractivity contribution in [2.45, 2.75) is 45.4 Å². The Balaban J connectivity index is 1.89. The second-order valence-corrected chi connectivity index (χ2v) is 7.35. The van der Waals surface area contributed by atoms with Crippen molar-refractivity contribution >= 4 is 17.6 Å². The Kier molecular flexibility index (Phi) is 6.56. The van der Waals surface area contributed by atoms with Crippen LogP contribution in [-0.4, -0.2) is 18.5 Å². The SMILES string of the molecule is CC[C@@H](C(=O)OCC(=O)Nc1ccc(C(C)(C)C)cc1)c1ccccc1. The van der Waals surface area contributed by atoms with Crippen molar-refractivity contribution in [3.8, 4) is 0 Å². The number of hydrogen-bond acceptors (Lipinski definition) is 3. The van der Waals surface area contributed by atoms with Crippen LogP contribution in [0.5, 0.6) is 0 Å². The first-order valence-electron chi connectivity index (χ1n) is 8.93. The zero-order valence-corrected chi connectivity index (χ0v) is 15.9. The Hall–Kier alpha value is -2.62. The van der Waals surface area contributed by atoms with Gasteiger partial charge in [0.15, 0.2) is 6.61 Å². The van der Waals surface area contributed by atoms with Crippen molar-refractivity contribution in [3.63, 3.8) is 0 Å². The van der Waals surface area contributed by atoms with Crippen molar-refractivity contribution in [3.05, 3.63) is 65.7 Å². The topological polar surface area (TPSA) is 55.4 Å². The van der Waals surface area contributed by atoms with Crippen LogP contribution in [0.25, 0.3) is 0 Å². The first-order chi connectivity index (χ1) is 12.3. The smallest absolute Gasteiger partial charge is 0.313 e. The summed E-state index contributed by atoms with van der Waals surface area (Å²) in [5.74, 6) is -1.07. The molecule has 4 heteroatoms. The molecule has 2 rings (SSSR count). The van der Waals surface area contributed by atoms with Crippen LogP contribution in [0.15, 0.2) is 54.6 Å². The van der Waals surface area contributed by atoms with E-state index < -0.39 is 0 Å². The molecule has 4 nitrogen and oxygen atoms in total. The summed E-state index contributed by atoms with van der Waals surface area (Å²) in [5, 5.41) is 2.76. The van der Waals surface area contributed by atoms with Crippen molar-refractivity contribution in [1.29, 1.82) is 0 Å². The van der Waals surface area contributed by atoms with E-state index in [1.54, 1.807) is 0 Å². The van der Waals surface area contributed by atoms with E-state index in [0.717, 1.165) is 5.56 Å². The second-order valence-electron chi connectivity index (χ2n) is 7.35. The van der Waals surface area contributed by atoms with Crippen LogP contribution in [0.1, 0.15) is 51.2 Å². The van der Waals surface area contributed by atoms with Crippen LogP contribution < -0.4 is 5.32 Å². The van der Waals surface area contributed by atoms with E-state index in [2.05, 4.69) is 26.1 Å². The van der Waals surface area contributed by atoms with E-state index in [-0.39, 0.29) is 29.8 Å². The maximum Gasteiger partial charge on any atom is 0.313 e. The summed E-state index contributed by atoms with van der Waals surface area (Å²) in [6.07, 6.45) is 0.624. The number of carbonyl (C=O) groups excluding carboxylic acids is 2. The molecule has 0 aliphatic heterocycles. The van der Waals surface area contributed by atoms with Gasteiger partial charge in [0.1, 0.15) is 0 Å². The van der Waals surface area contributed by atoms with E-state index in [4.69, 9.17) is 4.74 Å². The molecule has 0 radical (unpaired) electrons. The average Bonchev–Trinajstić information content (AvgIpc) is 2.61. The molecule has 0 fully saturated rings. The summed E-state index contributed by atoms with van der Waals surface area (Å²) in [4.78, 5) is 24.3. The summed E-state index contributed by atoms with van der Waals surface area (Å²) < 4.78 is 5.21. The lowest BCUT2D eigenvalue weighted by Gasteiger charge is -2.19. The predicted molar refractivity (Wildman–Crippen MR) is 104 cm³/mol. The number of rotatable bonds is 6. The quantitative estimate of drug-likeness (QED) is 0.769. The Labute approximate surface area is 155 Å². The molecule has 26 heavy (non-hydrogen) atoms. The van der Waals surface area contributed by atoms with E-state index in [0.29, 0.717) is 12.1 Å². The molecule has 0 unspecified atom stereocenters. The molecule has 1 amide bonds. The highest BCUT2D eigenvalue weighted by Crippen LogP contribution is 2.23. The third-order valence-electron chi connectivity index (χ3n) is 4.27. The van der Waals surface area contributed by atoms with Gasteiger partial charge in [-0.25, -0.2) is 0 Å². The molecule has 0 heterocycles. The zero-order chi connectivity index (χ0) is 19.2. The fraction of sp³-hybridized carbons (Fsp3) is 0.364. The number of ether oxygens (including phenoxy) is 1.